The largest absolute Gasteiger partial charge is 0.339 e. The monoisotopic (exact) mass is 400 g/mol. The summed E-state index contributed by atoms with van der Waals surface area (Å²) in [6.07, 6.45) is 1.27. The van der Waals surface area contributed by atoms with Gasteiger partial charge >= 0.3 is 6.03 Å². The van der Waals surface area contributed by atoms with Gasteiger partial charge in [-0.3, -0.25) is 4.79 Å². The Bertz CT molecular complexity index is 713. The van der Waals surface area contributed by atoms with Crippen molar-refractivity contribution < 1.29 is 18.0 Å². The molecule has 0 aromatic rings. The van der Waals surface area contributed by atoms with E-state index >= 15 is 0 Å². The van der Waals surface area contributed by atoms with E-state index in [1.807, 2.05) is 25.8 Å². The first kappa shape index (κ1) is 20.4. The fraction of sp³-hybridized carbons (Fsp3) is 0.889. The van der Waals surface area contributed by atoms with Gasteiger partial charge in [0, 0.05) is 53.2 Å². The van der Waals surface area contributed by atoms with Crippen LogP contribution in [0.2, 0.25) is 0 Å². The highest BCUT2D eigenvalue weighted by Crippen LogP contribution is 2.49. The molecule has 3 rings (SSSR count). The maximum absolute atomic E-state index is 12.9. The molecule has 0 radical (unpaired) electrons. The van der Waals surface area contributed by atoms with E-state index in [9.17, 15) is 18.0 Å². The minimum absolute atomic E-state index is 0.0630. The van der Waals surface area contributed by atoms with Gasteiger partial charge in [-0.1, -0.05) is 13.8 Å². The normalized spacial score (nSPS) is 28.3. The number of nitrogens with zero attached hydrogens (tertiary/aromatic N) is 4. The van der Waals surface area contributed by atoms with Crippen LogP contribution >= 0.6 is 0 Å². The highest BCUT2D eigenvalue weighted by Gasteiger charge is 2.61. The first-order chi connectivity index (χ1) is 12.5. The van der Waals surface area contributed by atoms with Gasteiger partial charge in [-0.05, 0) is 18.8 Å². The summed E-state index contributed by atoms with van der Waals surface area (Å²) >= 11 is 0. The number of likely N-dealkylation sites (tertiary alicyclic amines) is 2. The third kappa shape index (κ3) is 3.33. The van der Waals surface area contributed by atoms with Crippen molar-refractivity contribution in [1.82, 2.24) is 19.0 Å². The number of carbonyl (C=O) groups excluding carboxylic acids is 2. The fourth-order valence-corrected chi connectivity index (χ4v) is 6.93. The molecule has 3 fully saturated rings. The highest BCUT2D eigenvalue weighted by molar-refractivity contribution is 7.89. The van der Waals surface area contributed by atoms with Crippen LogP contribution in [-0.2, 0) is 14.8 Å². The molecule has 0 aromatic carbocycles. The third-order valence-corrected chi connectivity index (χ3v) is 8.74. The second-order valence-electron chi connectivity index (χ2n) is 8.87. The Hall–Kier alpha value is -1.35. The molecule has 0 bridgehead atoms. The van der Waals surface area contributed by atoms with E-state index in [4.69, 9.17) is 0 Å². The smallest absolute Gasteiger partial charge is 0.319 e. The Balaban J connectivity index is 1.77. The molecule has 0 N–H and O–H groups in total. The van der Waals surface area contributed by atoms with E-state index in [-0.39, 0.29) is 41.0 Å². The van der Waals surface area contributed by atoms with E-state index in [2.05, 4.69) is 0 Å². The van der Waals surface area contributed by atoms with Crippen LogP contribution in [0.3, 0.4) is 0 Å². The Labute approximate surface area is 162 Å². The zero-order valence-electron chi connectivity index (χ0n) is 17.0. The van der Waals surface area contributed by atoms with Crippen LogP contribution in [0, 0.1) is 17.8 Å². The molecule has 154 valence electrons. The predicted octanol–water partition coefficient (Wildman–Crippen LogP) is 0.508. The SMILES string of the molecule is CC(C)CS(=O)(=O)N1CCC2(CC1)[C@@H]1CN(C(=O)N(C)C)C[C@@H]1C(=O)N2C. The van der Waals surface area contributed by atoms with E-state index in [1.165, 1.54) is 0 Å². The number of hydrogen-bond acceptors (Lipinski definition) is 4. The molecule has 3 aliphatic heterocycles. The lowest BCUT2D eigenvalue weighted by Gasteiger charge is -2.46. The second-order valence-corrected chi connectivity index (χ2v) is 10.9. The minimum atomic E-state index is -3.26. The minimum Gasteiger partial charge on any atom is -0.339 e. The molecular weight excluding hydrogens is 368 g/mol. The van der Waals surface area contributed by atoms with Gasteiger partial charge in [0.05, 0.1) is 17.2 Å². The molecule has 0 unspecified atom stereocenters. The first-order valence-electron chi connectivity index (χ1n) is 9.71. The number of fused-ring (bicyclic) bond motifs is 2. The van der Waals surface area contributed by atoms with Crippen LogP contribution in [0.25, 0.3) is 0 Å². The van der Waals surface area contributed by atoms with Crippen LogP contribution in [0.5, 0.6) is 0 Å². The second kappa shape index (κ2) is 6.92. The van der Waals surface area contributed by atoms with Crippen LogP contribution in [0.4, 0.5) is 4.79 Å². The highest BCUT2D eigenvalue weighted by atomic mass is 32.2. The summed E-state index contributed by atoms with van der Waals surface area (Å²) in [5.74, 6) is 0.247. The number of hydrogen-bond donors (Lipinski definition) is 0. The van der Waals surface area contributed by atoms with Gasteiger partial charge in [0.2, 0.25) is 15.9 Å². The fourth-order valence-electron chi connectivity index (χ4n) is 5.14. The van der Waals surface area contributed by atoms with Crippen molar-refractivity contribution in [1.29, 1.82) is 0 Å². The van der Waals surface area contributed by atoms with Crippen molar-refractivity contribution in [3.63, 3.8) is 0 Å². The van der Waals surface area contributed by atoms with Crippen molar-refractivity contribution in [3.8, 4) is 0 Å². The van der Waals surface area contributed by atoms with Gasteiger partial charge in [0.15, 0.2) is 0 Å². The lowest BCUT2D eigenvalue weighted by atomic mass is 9.75. The van der Waals surface area contributed by atoms with Crippen molar-refractivity contribution in [2.75, 3.05) is 53.1 Å². The molecule has 9 heteroatoms. The first-order valence-corrected chi connectivity index (χ1v) is 11.3. The maximum atomic E-state index is 12.9. The summed E-state index contributed by atoms with van der Waals surface area (Å²) in [4.78, 5) is 30.4. The lowest BCUT2D eigenvalue weighted by molar-refractivity contribution is -0.133. The number of carbonyl (C=O) groups is 2. The molecule has 0 aromatic heterocycles. The molecule has 3 aliphatic rings. The quantitative estimate of drug-likeness (QED) is 0.691. The summed E-state index contributed by atoms with van der Waals surface area (Å²) in [6.45, 7) is 5.73. The van der Waals surface area contributed by atoms with Crippen LogP contribution in [-0.4, -0.2) is 98.0 Å². The summed E-state index contributed by atoms with van der Waals surface area (Å²) in [5, 5.41) is 0. The standard InChI is InChI=1S/C18H32N4O4S/c1-13(2)12-27(25,26)22-8-6-18(7-9-22)15-11-21(17(24)19(3)4)10-14(15)16(23)20(18)5/h13-15H,6-12H2,1-5H3/t14-,15+/m0/s1. The van der Waals surface area contributed by atoms with Crippen molar-refractivity contribution in [2.24, 2.45) is 17.8 Å². The predicted molar refractivity (Wildman–Crippen MR) is 103 cm³/mol. The molecular formula is C18H32N4O4S. The zero-order chi connectivity index (χ0) is 20.1. The molecule has 0 saturated carbocycles. The summed E-state index contributed by atoms with van der Waals surface area (Å²) < 4.78 is 26.7. The molecule has 3 heterocycles. The van der Waals surface area contributed by atoms with E-state index in [0.717, 1.165) is 0 Å². The van der Waals surface area contributed by atoms with Gasteiger partial charge in [0.25, 0.3) is 0 Å². The number of rotatable bonds is 3. The third-order valence-electron chi connectivity index (χ3n) is 6.50. The molecule has 2 atom stereocenters. The van der Waals surface area contributed by atoms with E-state index < -0.39 is 10.0 Å². The molecule has 8 nitrogen and oxygen atoms in total. The Morgan fingerprint density at radius 3 is 2.33 bits per heavy atom. The van der Waals surface area contributed by atoms with Crippen molar-refractivity contribution >= 4 is 22.0 Å². The van der Waals surface area contributed by atoms with Crippen LogP contribution in [0.1, 0.15) is 26.7 Å². The summed E-state index contributed by atoms with van der Waals surface area (Å²) in [6, 6.07) is -0.0630. The molecule has 0 aliphatic carbocycles. The zero-order valence-corrected chi connectivity index (χ0v) is 17.8. The average molecular weight is 401 g/mol. The lowest BCUT2D eigenvalue weighted by Crippen LogP contribution is -2.57. The molecule has 1 spiro atoms. The van der Waals surface area contributed by atoms with Gasteiger partial charge in [-0.2, -0.15) is 0 Å². The molecule has 27 heavy (non-hydrogen) atoms. The number of amides is 3. The van der Waals surface area contributed by atoms with Crippen molar-refractivity contribution in [3.05, 3.63) is 0 Å². The van der Waals surface area contributed by atoms with Gasteiger partial charge in [-0.15, -0.1) is 0 Å². The number of piperidine rings is 1. The summed E-state index contributed by atoms with van der Waals surface area (Å²) in [7, 11) is 2.03. The van der Waals surface area contributed by atoms with Gasteiger partial charge in [0.1, 0.15) is 0 Å². The topological polar surface area (TPSA) is 81.2 Å². The number of sulfonamides is 1. The molecule has 3 saturated heterocycles. The Morgan fingerprint density at radius 2 is 1.81 bits per heavy atom. The Kier molecular flexibility index (Phi) is 5.22. The Morgan fingerprint density at radius 1 is 1.22 bits per heavy atom. The van der Waals surface area contributed by atoms with Crippen molar-refractivity contribution in [2.45, 2.75) is 32.2 Å². The number of urea groups is 1. The van der Waals surface area contributed by atoms with E-state index in [1.54, 1.807) is 28.2 Å². The average Bonchev–Trinajstić information content (AvgIpc) is 3.10. The van der Waals surface area contributed by atoms with Crippen LogP contribution in [0.15, 0.2) is 0 Å². The van der Waals surface area contributed by atoms with Crippen LogP contribution < -0.4 is 0 Å². The van der Waals surface area contributed by atoms with Gasteiger partial charge < -0.3 is 14.7 Å². The van der Waals surface area contributed by atoms with E-state index in [0.29, 0.717) is 39.0 Å². The molecule has 3 amide bonds. The summed E-state index contributed by atoms with van der Waals surface area (Å²) in [5.41, 5.74) is -0.340. The van der Waals surface area contributed by atoms with Gasteiger partial charge in [-0.25, -0.2) is 17.5 Å². The maximum Gasteiger partial charge on any atom is 0.319 e.